The van der Waals surface area contributed by atoms with Crippen molar-refractivity contribution in [2.24, 2.45) is 5.92 Å². The van der Waals surface area contributed by atoms with Gasteiger partial charge in [-0.15, -0.1) is 0 Å². The van der Waals surface area contributed by atoms with E-state index >= 15 is 0 Å². The molecule has 0 radical (unpaired) electrons. The Morgan fingerprint density at radius 3 is 2.68 bits per heavy atom. The summed E-state index contributed by atoms with van der Waals surface area (Å²) < 4.78 is 38.8. The van der Waals surface area contributed by atoms with Crippen molar-refractivity contribution >= 4 is 32.7 Å². The second-order valence-electron chi connectivity index (χ2n) is 5.83. The molecule has 2 heterocycles. The molecule has 0 saturated carbocycles. The molecule has 0 bridgehead atoms. The molecule has 3 rings (SSSR count). The van der Waals surface area contributed by atoms with Gasteiger partial charge in [0.05, 0.1) is 29.6 Å². The van der Waals surface area contributed by atoms with Gasteiger partial charge < -0.3 is 13.9 Å². The van der Waals surface area contributed by atoms with Gasteiger partial charge in [-0.05, 0) is 19.4 Å². The van der Waals surface area contributed by atoms with Crippen LogP contribution < -0.4 is 0 Å². The van der Waals surface area contributed by atoms with Gasteiger partial charge in [-0.3, -0.25) is 4.79 Å². The van der Waals surface area contributed by atoms with E-state index in [1.54, 1.807) is 31.2 Å². The summed E-state index contributed by atoms with van der Waals surface area (Å²) in [6, 6.07) is 7.00. The summed E-state index contributed by atoms with van der Waals surface area (Å²) in [5, 5.41) is 0.650. The van der Waals surface area contributed by atoms with E-state index in [2.05, 4.69) is 0 Å². The maximum Gasteiger partial charge on any atom is 0.374 e. The molecule has 1 aliphatic heterocycles. The zero-order chi connectivity index (χ0) is 18.0. The van der Waals surface area contributed by atoms with Crippen LogP contribution in [0, 0.1) is 5.92 Å². The maximum absolute atomic E-state index is 12.1. The van der Waals surface area contributed by atoms with E-state index < -0.39 is 27.7 Å². The number of fused-ring (bicyclic) bond motifs is 1. The lowest BCUT2D eigenvalue weighted by molar-refractivity contribution is -0.149. The molecule has 134 valence electrons. The number of benzene rings is 1. The first-order chi connectivity index (χ1) is 11.9. The summed E-state index contributed by atoms with van der Waals surface area (Å²) in [6.07, 6.45) is 0.262. The number of hydrogen-bond donors (Lipinski definition) is 0. The molecule has 1 atom stereocenters. The molecule has 0 N–H and O–H groups in total. The van der Waals surface area contributed by atoms with Crippen molar-refractivity contribution in [2.45, 2.75) is 20.0 Å². The Bertz CT molecular complexity index is 910. The topological polar surface area (TPSA) is 99.9 Å². The Morgan fingerprint density at radius 1 is 1.24 bits per heavy atom. The van der Waals surface area contributed by atoms with Crippen LogP contribution in [-0.4, -0.2) is 38.5 Å². The number of ether oxygens (including phenoxy) is 2. The highest BCUT2D eigenvalue weighted by Gasteiger charge is 2.34. The number of furan rings is 1. The number of hydrogen-bond acceptors (Lipinski definition) is 7. The number of esters is 2. The molecule has 1 saturated heterocycles. The lowest BCUT2D eigenvalue weighted by Crippen LogP contribution is -2.19. The van der Waals surface area contributed by atoms with Gasteiger partial charge in [-0.25, -0.2) is 13.2 Å². The van der Waals surface area contributed by atoms with Gasteiger partial charge in [-0.1, -0.05) is 18.2 Å². The van der Waals surface area contributed by atoms with Crippen LogP contribution in [0.5, 0.6) is 0 Å². The van der Waals surface area contributed by atoms with Crippen molar-refractivity contribution in [3.05, 3.63) is 35.6 Å². The summed E-state index contributed by atoms with van der Waals surface area (Å²) in [5.41, 5.74) is 0.906. The fourth-order valence-corrected chi connectivity index (χ4v) is 4.57. The van der Waals surface area contributed by atoms with Crippen LogP contribution in [0.15, 0.2) is 28.7 Å². The predicted octanol–water partition coefficient (Wildman–Crippen LogP) is 2.09. The molecule has 1 aliphatic rings. The standard InChI is InChI=1S/C17H18O7S/c1-2-22-17(19)15-13(12-5-3-4-6-14(12)24-15)9-23-16(18)11-7-8-25(20,21)10-11/h3-6,11H,2,7-10H2,1H3. The molecule has 7 nitrogen and oxygen atoms in total. The highest BCUT2D eigenvalue weighted by Crippen LogP contribution is 2.28. The van der Waals surface area contributed by atoms with Gasteiger partial charge in [0.15, 0.2) is 9.84 Å². The van der Waals surface area contributed by atoms with Crippen molar-refractivity contribution in [1.29, 1.82) is 0 Å². The first kappa shape index (κ1) is 17.5. The van der Waals surface area contributed by atoms with Crippen LogP contribution in [0.25, 0.3) is 11.0 Å². The normalized spacial score (nSPS) is 19.0. The van der Waals surface area contributed by atoms with E-state index in [1.807, 2.05) is 0 Å². The first-order valence-corrected chi connectivity index (χ1v) is 9.78. The predicted molar refractivity (Wildman–Crippen MR) is 88.7 cm³/mol. The zero-order valence-corrected chi connectivity index (χ0v) is 14.5. The molecular formula is C17H18O7S. The van der Waals surface area contributed by atoms with E-state index in [9.17, 15) is 18.0 Å². The van der Waals surface area contributed by atoms with Crippen LogP contribution >= 0.6 is 0 Å². The summed E-state index contributed by atoms with van der Waals surface area (Å²) in [4.78, 5) is 24.2. The summed E-state index contributed by atoms with van der Waals surface area (Å²) in [5.74, 6) is -2.07. The van der Waals surface area contributed by atoms with Gasteiger partial charge in [-0.2, -0.15) is 0 Å². The molecule has 1 fully saturated rings. The Hall–Kier alpha value is -2.35. The van der Waals surface area contributed by atoms with Gasteiger partial charge in [0.1, 0.15) is 12.2 Å². The highest BCUT2D eigenvalue weighted by atomic mass is 32.2. The minimum absolute atomic E-state index is 0.00448. The third-order valence-corrected chi connectivity index (χ3v) is 5.85. The van der Waals surface area contributed by atoms with Crippen molar-refractivity contribution in [2.75, 3.05) is 18.1 Å². The second kappa shape index (κ2) is 6.87. The molecular weight excluding hydrogens is 348 g/mol. The molecule has 0 aliphatic carbocycles. The second-order valence-corrected chi connectivity index (χ2v) is 8.06. The number of carbonyl (C=O) groups excluding carboxylic acids is 2. The maximum atomic E-state index is 12.1. The monoisotopic (exact) mass is 366 g/mol. The van der Waals surface area contributed by atoms with E-state index in [0.29, 0.717) is 16.5 Å². The molecule has 2 aromatic rings. The van der Waals surface area contributed by atoms with E-state index in [1.165, 1.54) is 0 Å². The van der Waals surface area contributed by atoms with E-state index in [0.717, 1.165) is 0 Å². The average molecular weight is 366 g/mol. The lowest BCUT2D eigenvalue weighted by atomic mass is 10.1. The molecule has 0 amide bonds. The van der Waals surface area contributed by atoms with Crippen molar-refractivity contribution in [3.8, 4) is 0 Å². The third kappa shape index (κ3) is 3.68. The Labute approximate surface area is 144 Å². The number of para-hydroxylation sites is 1. The minimum atomic E-state index is -3.17. The molecule has 1 unspecified atom stereocenters. The van der Waals surface area contributed by atoms with Crippen LogP contribution in [0.3, 0.4) is 0 Å². The lowest BCUT2D eigenvalue weighted by Gasteiger charge is -2.09. The highest BCUT2D eigenvalue weighted by molar-refractivity contribution is 7.91. The summed E-state index contributed by atoms with van der Waals surface area (Å²) in [6.45, 7) is 1.69. The quantitative estimate of drug-likeness (QED) is 0.747. The van der Waals surface area contributed by atoms with Crippen LogP contribution in [0.1, 0.15) is 29.5 Å². The largest absolute Gasteiger partial charge is 0.460 e. The Kier molecular flexibility index (Phi) is 4.80. The van der Waals surface area contributed by atoms with Gasteiger partial charge in [0.25, 0.3) is 0 Å². The summed E-state index contributed by atoms with van der Waals surface area (Å²) in [7, 11) is -3.17. The van der Waals surface area contributed by atoms with Gasteiger partial charge >= 0.3 is 11.9 Å². The molecule has 0 spiro atoms. The number of sulfone groups is 1. The van der Waals surface area contributed by atoms with Crippen LogP contribution in [0.2, 0.25) is 0 Å². The molecule has 25 heavy (non-hydrogen) atoms. The van der Waals surface area contributed by atoms with Crippen molar-refractivity contribution in [3.63, 3.8) is 0 Å². The number of rotatable bonds is 5. The van der Waals surface area contributed by atoms with Crippen LogP contribution in [-0.2, 0) is 30.7 Å². The SMILES string of the molecule is CCOC(=O)c1oc2ccccc2c1COC(=O)C1CCS(=O)(=O)C1. The summed E-state index contributed by atoms with van der Waals surface area (Å²) >= 11 is 0. The Balaban J connectivity index is 1.81. The Morgan fingerprint density at radius 2 is 2.00 bits per heavy atom. The van der Waals surface area contributed by atoms with E-state index in [4.69, 9.17) is 13.9 Å². The zero-order valence-electron chi connectivity index (χ0n) is 13.7. The smallest absolute Gasteiger partial charge is 0.374 e. The minimum Gasteiger partial charge on any atom is -0.460 e. The average Bonchev–Trinajstić information content (AvgIpc) is 3.13. The van der Waals surface area contributed by atoms with Gasteiger partial charge in [0, 0.05) is 5.39 Å². The van der Waals surface area contributed by atoms with Crippen molar-refractivity contribution in [1.82, 2.24) is 0 Å². The number of carbonyl (C=O) groups is 2. The van der Waals surface area contributed by atoms with Gasteiger partial charge in [0.2, 0.25) is 5.76 Å². The van der Waals surface area contributed by atoms with Crippen LogP contribution in [0.4, 0.5) is 0 Å². The molecule has 1 aromatic heterocycles. The van der Waals surface area contributed by atoms with Crippen molar-refractivity contribution < 1.29 is 31.9 Å². The molecule has 1 aromatic carbocycles. The third-order valence-electron chi connectivity index (χ3n) is 4.08. The fourth-order valence-electron chi connectivity index (χ4n) is 2.85. The fraction of sp³-hybridized carbons (Fsp3) is 0.412. The first-order valence-electron chi connectivity index (χ1n) is 7.96. The molecule has 8 heteroatoms. The van der Waals surface area contributed by atoms with E-state index in [-0.39, 0.29) is 36.9 Å².